The zero-order valence-corrected chi connectivity index (χ0v) is 15.2. The Bertz CT molecular complexity index is 663. The molecule has 1 aliphatic rings. The van der Waals surface area contributed by atoms with Crippen LogP contribution >= 0.6 is 0 Å². The Morgan fingerprint density at radius 2 is 2.19 bits per heavy atom. The fourth-order valence-corrected chi connectivity index (χ4v) is 2.37. The number of hydrogen-bond donors (Lipinski definition) is 3. The Morgan fingerprint density at radius 3 is 2.81 bits per heavy atom. The first-order chi connectivity index (χ1) is 12.2. The lowest BCUT2D eigenvalue weighted by Crippen LogP contribution is -2.38. The highest BCUT2D eigenvalue weighted by molar-refractivity contribution is 5.90. The molecule has 0 saturated carbocycles. The second-order valence-electron chi connectivity index (χ2n) is 6.88. The molecule has 1 aromatic rings. The summed E-state index contributed by atoms with van der Waals surface area (Å²) in [5.41, 5.74) is 5.46. The smallest absolute Gasteiger partial charge is 0.414 e. The van der Waals surface area contributed by atoms with Crippen molar-refractivity contribution >= 4 is 23.6 Å². The standard InChI is InChI=1S/C17H25FN4O4/c1-17(2,3)26-15(23)21-9-12-10-22(16(24)25-12)11-4-5-14(13(18)8-11)20-7-6-19/h4-5,8,12,20H,6-7,9-10,19H2,1-3H3,(H,21,23)/t12-/m0/s1. The lowest BCUT2D eigenvalue weighted by molar-refractivity contribution is 0.0496. The first-order valence-corrected chi connectivity index (χ1v) is 8.38. The first-order valence-electron chi connectivity index (χ1n) is 8.38. The second-order valence-corrected chi connectivity index (χ2v) is 6.88. The number of nitrogens with one attached hydrogen (secondary N) is 2. The molecule has 1 saturated heterocycles. The topological polar surface area (TPSA) is 106 Å². The summed E-state index contributed by atoms with van der Waals surface area (Å²) in [5.74, 6) is -0.487. The normalized spacial score (nSPS) is 17.0. The zero-order valence-electron chi connectivity index (χ0n) is 15.2. The number of carbonyl (C=O) groups excluding carboxylic acids is 2. The zero-order chi connectivity index (χ0) is 19.3. The molecule has 0 unspecified atom stereocenters. The van der Waals surface area contributed by atoms with E-state index in [2.05, 4.69) is 10.6 Å². The molecule has 9 heteroatoms. The molecule has 8 nitrogen and oxygen atoms in total. The van der Waals surface area contributed by atoms with Gasteiger partial charge in [-0.1, -0.05) is 0 Å². The van der Waals surface area contributed by atoms with Crippen LogP contribution in [0.25, 0.3) is 0 Å². The monoisotopic (exact) mass is 368 g/mol. The minimum absolute atomic E-state index is 0.107. The van der Waals surface area contributed by atoms with Crippen molar-refractivity contribution in [2.24, 2.45) is 5.73 Å². The van der Waals surface area contributed by atoms with Gasteiger partial charge in [-0.05, 0) is 39.0 Å². The number of nitrogens with two attached hydrogens (primary N) is 1. The Hall–Kier alpha value is -2.55. The van der Waals surface area contributed by atoms with E-state index in [1.165, 1.54) is 11.0 Å². The number of carbonyl (C=O) groups is 2. The molecular weight excluding hydrogens is 343 g/mol. The molecule has 26 heavy (non-hydrogen) atoms. The van der Waals surface area contributed by atoms with Gasteiger partial charge in [0.05, 0.1) is 24.5 Å². The molecule has 1 atom stereocenters. The average Bonchev–Trinajstić information content (AvgIpc) is 2.91. The van der Waals surface area contributed by atoms with Crippen molar-refractivity contribution in [3.05, 3.63) is 24.0 Å². The molecule has 0 radical (unpaired) electrons. The molecule has 1 fully saturated rings. The largest absolute Gasteiger partial charge is 0.444 e. The lowest BCUT2D eigenvalue weighted by Gasteiger charge is -2.20. The van der Waals surface area contributed by atoms with E-state index in [0.29, 0.717) is 24.5 Å². The SMILES string of the molecule is CC(C)(C)OC(=O)NC[C@H]1CN(c2ccc(NCCN)c(F)c2)C(=O)O1. The van der Waals surface area contributed by atoms with Crippen LogP contribution in [0.15, 0.2) is 18.2 Å². The number of benzene rings is 1. The third-order valence-corrected chi connectivity index (χ3v) is 3.47. The van der Waals surface area contributed by atoms with E-state index in [9.17, 15) is 14.0 Å². The molecule has 0 aromatic heterocycles. The van der Waals surface area contributed by atoms with Gasteiger partial charge in [0.1, 0.15) is 17.5 Å². The van der Waals surface area contributed by atoms with Crippen molar-refractivity contribution in [2.75, 3.05) is 36.4 Å². The van der Waals surface area contributed by atoms with Crippen LogP contribution in [0.5, 0.6) is 0 Å². The molecule has 2 rings (SSSR count). The summed E-state index contributed by atoms with van der Waals surface area (Å²) in [6.07, 6.45) is -1.73. The molecule has 0 aliphatic carbocycles. The quantitative estimate of drug-likeness (QED) is 0.710. The molecule has 0 spiro atoms. The van der Waals surface area contributed by atoms with Gasteiger partial charge < -0.3 is 25.8 Å². The number of nitrogens with zero attached hydrogens (tertiary/aromatic N) is 1. The third kappa shape index (κ3) is 5.48. The summed E-state index contributed by atoms with van der Waals surface area (Å²) < 4.78 is 24.4. The number of amides is 2. The predicted molar refractivity (Wildman–Crippen MR) is 95.8 cm³/mol. The van der Waals surface area contributed by atoms with Gasteiger partial charge in [-0.25, -0.2) is 14.0 Å². The molecule has 1 aromatic carbocycles. The van der Waals surface area contributed by atoms with Gasteiger partial charge in [-0.15, -0.1) is 0 Å². The minimum Gasteiger partial charge on any atom is -0.444 e. The summed E-state index contributed by atoms with van der Waals surface area (Å²) >= 11 is 0. The number of anilines is 2. The maximum absolute atomic E-state index is 14.1. The van der Waals surface area contributed by atoms with E-state index < -0.39 is 29.7 Å². The minimum atomic E-state index is -0.611. The van der Waals surface area contributed by atoms with Crippen molar-refractivity contribution < 1.29 is 23.5 Å². The van der Waals surface area contributed by atoms with Gasteiger partial charge in [0.25, 0.3) is 0 Å². The molecule has 0 bridgehead atoms. The fourth-order valence-electron chi connectivity index (χ4n) is 2.37. The number of ether oxygens (including phenoxy) is 2. The highest BCUT2D eigenvalue weighted by atomic mass is 19.1. The van der Waals surface area contributed by atoms with Crippen molar-refractivity contribution in [3.63, 3.8) is 0 Å². The maximum atomic E-state index is 14.1. The number of alkyl carbamates (subject to hydrolysis) is 1. The summed E-state index contributed by atoms with van der Waals surface area (Å²) in [7, 11) is 0. The summed E-state index contributed by atoms with van der Waals surface area (Å²) in [6.45, 7) is 6.39. The summed E-state index contributed by atoms with van der Waals surface area (Å²) in [5, 5.41) is 5.41. The highest BCUT2D eigenvalue weighted by Crippen LogP contribution is 2.25. The second kappa shape index (κ2) is 8.22. The molecular formula is C17H25FN4O4. The van der Waals surface area contributed by atoms with Crippen LogP contribution in [-0.4, -0.2) is 50.1 Å². The van der Waals surface area contributed by atoms with Crippen LogP contribution in [0.2, 0.25) is 0 Å². The number of halogens is 1. The van der Waals surface area contributed by atoms with E-state index in [4.69, 9.17) is 15.2 Å². The Labute approximate surface area is 151 Å². The summed E-state index contributed by atoms with van der Waals surface area (Å²) in [4.78, 5) is 25.0. The molecule has 1 aliphatic heterocycles. The first kappa shape index (κ1) is 19.8. The van der Waals surface area contributed by atoms with Gasteiger partial charge in [0, 0.05) is 13.1 Å². The van der Waals surface area contributed by atoms with Crippen LogP contribution in [0, 0.1) is 5.82 Å². The van der Waals surface area contributed by atoms with Crippen LogP contribution in [0.4, 0.5) is 25.4 Å². The van der Waals surface area contributed by atoms with Gasteiger partial charge in [-0.3, -0.25) is 4.90 Å². The van der Waals surface area contributed by atoms with Crippen LogP contribution in [0.1, 0.15) is 20.8 Å². The summed E-state index contributed by atoms with van der Waals surface area (Å²) in [6, 6.07) is 4.41. The maximum Gasteiger partial charge on any atom is 0.414 e. The van der Waals surface area contributed by atoms with Gasteiger partial charge in [0.2, 0.25) is 0 Å². The van der Waals surface area contributed by atoms with Gasteiger partial charge in [0.15, 0.2) is 0 Å². The predicted octanol–water partition coefficient (Wildman–Crippen LogP) is 2.05. The van der Waals surface area contributed by atoms with E-state index in [0.717, 1.165) is 0 Å². The van der Waals surface area contributed by atoms with E-state index in [1.807, 2.05) is 0 Å². The molecule has 2 amide bonds. The van der Waals surface area contributed by atoms with Crippen molar-refractivity contribution in [1.29, 1.82) is 0 Å². The number of rotatable bonds is 6. The van der Waals surface area contributed by atoms with Crippen molar-refractivity contribution in [3.8, 4) is 0 Å². The van der Waals surface area contributed by atoms with Crippen LogP contribution in [0.3, 0.4) is 0 Å². The third-order valence-electron chi connectivity index (χ3n) is 3.47. The fraction of sp³-hybridized carbons (Fsp3) is 0.529. The van der Waals surface area contributed by atoms with E-state index in [-0.39, 0.29) is 13.1 Å². The Morgan fingerprint density at radius 1 is 1.46 bits per heavy atom. The lowest BCUT2D eigenvalue weighted by atomic mass is 10.2. The van der Waals surface area contributed by atoms with Crippen molar-refractivity contribution in [2.45, 2.75) is 32.5 Å². The van der Waals surface area contributed by atoms with Crippen molar-refractivity contribution in [1.82, 2.24) is 5.32 Å². The number of hydrogen-bond acceptors (Lipinski definition) is 6. The van der Waals surface area contributed by atoms with Crippen LogP contribution < -0.4 is 21.3 Å². The van der Waals surface area contributed by atoms with Gasteiger partial charge in [-0.2, -0.15) is 0 Å². The van der Waals surface area contributed by atoms with E-state index in [1.54, 1.807) is 32.9 Å². The number of cyclic esters (lactones) is 1. The van der Waals surface area contributed by atoms with Gasteiger partial charge >= 0.3 is 12.2 Å². The van der Waals surface area contributed by atoms with E-state index >= 15 is 0 Å². The average molecular weight is 368 g/mol. The Balaban J connectivity index is 1.93. The Kier molecular flexibility index (Phi) is 6.25. The molecule has 1 heterocycles. The molecule has 144 valence electrons. The highest BCUT2D eigenvalue weighted by Gasteiger charge is 2.33. The molecule has 4 N–H and O–H groups in total. The van der Waals surface area contributed by atoms with Crippen LogP contribution in [-0.2, 0) is 9.47 Å².